The van der Waals surface area contributed by atoms with Crippen LogP contribution in [0.3, 0.4) is 0 Å². The lowest BCUT2D eigenvalue weighted by molar-refractivity contribution is 0.281. The topological polar surface area (TPSA) is 72.5 Å². The van der Waals surface area contributed by atoms with Gasteiger partial charge in [0.05, 0.1) is 6.61 Å². The first-order chi connectivity index (χ1) is 8.86. The van der Waals surface area contributed by atoms with Crippen molar-refractivity contribution in [3.8, 4) is 11.6 Å². The smallest absolute Gasteiger partial charge is 0.265 e. The van der Waals surface area contributed by atoms with E-state index in [1.807, 2.05) is 12.1 Å². The summed E-state index contributed by atoms with van der Waals surface area (Å²) in [5, 5.41) is 16.8. The number of nitrogens with zero attached hydrogens (tertiary/aromatic N) is 4. The number of aliphatic hydroxyl groups excluding tert-OH is 1. The number of hydrogen-bond donors (Lipinski definition) is 1. The second kappa shape index (κ2) is 4.42. The number of rotatable bonds is 3. The number of hydrogen-bond acceptors (Lipinski definition) is 5. The standard InChI is InChI=1S/C12H10N4O2/c17-7-9-2-1-3-10(6-9)18-12-11-15-14-8-16(11)5-4-13-12/h1-6,8,17H,7H2. The molecule has 3 aromatic rings. The first-order valence-electron chi connectivity index (χ1n) is 5.39. The van der Waals surface area contributed by atoms with Gasteiger partial charge in [0, 0.05) is 12.4 Å². The highest BCUT2D eigenvalue weighted by Crippen LogP contribution is 2.22. The van der Waals surface area contributed by atoms with Crippen molar-refractivity contribution in [3.63, 3.8) is 0 Å². The zero-order chi connectivity index (χ0) is 12.4. The highest BCUT2D eigenvalue weighted by molar-refractivity contribution is 5.49. The summed E-state index contributed by atoms with van der Waals surface area (Å²) in [5.41, 5.74) is 1.33. The van der Waals surface area contributed by atoms with Crippen LogP contribution < -0.4 is 4.74 Å². The molecule has 0 saturated carbocycles. The van der Waals surface area contributed by atoms with Gasteiger partial charge in [-0.05, 0) is 17.7 Å². The van der Waals surface area contributed by atoms with E-state index in [4.69, 9.17) is 9.84 Å². The zero-order valence-electron chi connectivity index (χ0n) is 9.39. The Morgan fingerprint density at radius 1 is 1.33 bits per heavy atom. The number of fused-ring (bicyclic) bond motifs is 1. The Balaban J connectivity index is 1.98. The highest BCUT2D eigenvalue weighted by atomic mass is 16.5. The van der Waals surface area contributed by atoms with E-state index in [1.165, 1.54) is 0 Å². The van der Waals surface area contributed by atoms with Crippen LogP contribution in [0.1, 0.15) is 5.56 Å². The molecule has 0 unspecified atom stereocenters. The van der Waals surface area contributed by atoms with Gasteiger partial charge in [-0.2, -0.15) is 0 Å². The molecule has 0 atom stereocenters. The molecule has 2 heterocycles. The molecule has 18 heavy (non-hydrogen) atoms. The van der Waals surface area contributed by atoms with Crippen molar-refractivity contribution in [2.75, 3.05) is 0 Å². The van der Waals surface area contributed by atoms with Crippen molar-refractivity contribution in [1.29, 1.82) is 0 Å². The number of aliphatic hydroxyl groups is 1. The molecule has 6 nitrogen and oxygen atoms in total. The summed E-state index contributed by atoms with van der Waals surface area (Å²) in [4.78, 5) is 4.12. The van der Waals surface area contributed by atoms with Crippen LogP contribution in [0, 0.1) is 0 Å². The van der Waals surface area contributed by atoms with Gasteiger partial charge in [0.15, 0.2) is 0 Å². The lowest BCUT2D eigenvalue weighted by Gasteiger charge is -2.06. The zero-order valence-corrected chi connectivity index (χ0v) is 9.39. The highest BCUT2D eigenvalue weighted by Gasteiger charge is 2.07. The molecule has 0 amide bonds. The molecule has 0 aliphatic carbocycles. The second-order valence-electron chi connectivity index (χ2n) is 3.70. The van der Waals surface area contributed by atoms with Crippen molar-refractivity contribution < 1.29 is 9.84 Å². The normalized spacial score (nSPS) is 10.7. The molecular formula is C12H10N4O2. The second-order valence-corrected chi connectivity index (χ2v) is 3.70. The van der Waals surface area contributed by atoms with E-state index in [-0.39, 0.29) is 6.61 Å². The molecule has 90 valence electrons. The maximum Gasteiger partial charge on any atom is 0.265 e. The molecule has 0 aliphatic rings. The predicted octanol–water partition coefficient (Wildman–Crippen LogP) is 1.41. The molecule has 0 radical (unpaired) electrons. The average Bonchev–Trinajstić information content (AvgIpc) is 2.88. The fourth-order valence-electron chi connectivity index (χ4n) is 1.63. The summed E-state index contributed by atoms with van der Waals surface area (Å²) in [6.07, 6.45) is 4.93. The molecule has 0 spiro atoms. The molecule has 6 heteroatoms. The summed E-state index contributed by atoms with van der Waals surface area (Å²) < 4.78 is 7.37. The van der Waals surface area contributed by atoms with E-state index in [2.05, 4.69) is 15.2 Å². The van der Waals surface area contributed by atoms with E-state index in [1.54, 1.807) is 35.3 Å². The van der Waals surface area contributed by atoms with E-state index in [0.29, 0.717) is 17.3 Å². The van der Waals surface area contributed by atoms with Crippen molar-refractivity contribution in [1.82, 2.24) is 19.6 Å². The van der Waals surface area contributed by atoms with Gasteiger partial charge in [0.25, 0.3) is 5.88 Å². The largest absolute Gasteiger partial charge is 0.436 e. The van der Waals surface area contributed by atoms with E-state index in [9.17, 15) is 0 Å². The monoisotopic (exact) mass is 242 g/mol. The Morgan fingerprint density at radius 2 is 2.28 bits per heavy atom. The van der Waals surface area contributed by atoms with E-state index >= 15 is 0 Å². The minimum Gasteiger partial charge on any atom is -0.436 e. The fourth-order valence-corrected chi connectivity index (χ4v) is 1.63. The molecule has 1 aromatic carbocycles. The van der Waals surface area contributed by atoms with Crippen LogP contribution in [0.25, 0.3) is 5.65 Å². The van der Waals surface area contributed by atoms with Crippen LogP contribution in [-0.4, -0.2) is 24.7 Å². The maximum atomic E-state index is 9.07. The summed E-state index contributed by atoms with van der Waals surface area (Å²) in [7, 11) is 0. The number of ether oxygens (including phenoxy) is 1. The summed E-state index contributed by atoms with van der Waals surface area (Å²) >= 11 is 0. The SMILES string of the molecule is OCc1cccc(Oc2nccn3cnnc23)c1. The Hall–Kier alpha value is -2.47. The van der Waals surface area contributed by atoms with Gasteiger partial charge in [-0.15, -0.1) is 10.2 Å². The maximum absolute atomic E-state index is 9.07. The van der Waals surface area contributed by atoms with Gasteiger partial charge in [0.2, 0.25) is 5.65 Å². The lowest BCUT2D eigenvalue weighted by Crippen LogP contribution is -1.93. The quantitative estimate of drug-likeness (QED) is 0.751. The van der Waals surface area contributed by atoms with Gasteiger partial charge in [0.1, 0.15) is 12.1 Å². The van der Waals surface area contributed by atoms with E-state index < -0.39 is 0 Å². The molecule has 2 aromatic heterocycles. The Bertz CT molecular complexity index is 680. The Morgan fingerprint density at radius 3 is 3.17 bits per heavy atom. The third-order valence-corrected chi connectivity index (χ3v) is 2.48. The van der Waals surface area contributed by atoms with Crippen molar-refractivity contribution >= 4 is 5.65 Å². The average molecular weight is 242 g/mol. The Labute approximate surface area is 103 Å². The van der Waals surface area contributed by atoms with Crippen LogP contribution in [0.4, 0.5) is 0 Å². The van der Waals surface area contributed by atoms with Gasteiger partial charge in [-0.1, -0.05) is 12.1 Å². The van der Waals surface area contributed by atoms with E-state index in [0.717, 1.165) is 5.56 Å². The number of benzene rings is 1. The fraction of sp³-hybridized carbons (Fsp3) is 0.0833. The summed E-state index contributed by atoms with van der Waals surface area (Å²) in [5.74, 6) is 0.982. The van der Waals surface area contributed by atoms with Gasteiger partial charge in [-0.25, -0.2) is 4.98 Å². The minimum absolute atomic E-state index is 0.0280. The number of aromatic nitrogens is 4. The van der Waals surface area contributed by atoms with Crippen LogP contribution in [-0.2, 0) is 6.61 Å². The van der Waals surface area contributed by atoms with Crippen LogP contribution in [0.2, 0.25) is 0 Å². The first kappa shape index (κ1) is 10.7. The molecule has 0 fully saturated rings. The van der Waals surface area contributed by atoms with Crippen molar-refractivity contribution in [3.05, 3.63) is 48.5 Å². The molecule has 0 saturated heterocycles. The van der Waals surface area contributed by atoms with Gasteiger partial charge in [-0.3, -0.25) is 4.40 Å². The van der Waals surface area contributed by atoms with Crippen molar-refractivity contribution in [2.45, 2.75) is 6.61 Å². The van der Waals surface area contributed by atoms with Crippen LogP contribution in [0.5, 0.6) is 11.6 Å². The summed E-state index contributed by atoms with van der Waals surface area (Å²) in [6.45, 7) is -0.0280. The lowest BCUT2D eigenvalue weighted by atomic mass is 10.2. The van der Waals surface area contributed by atoms with Crippen molar-refractivity contribution in [2.24, 2.45) is 0 Å². The Kier molecular flexibility index (Phi) is 2.62. The van der Waals surface area contributed by atoms with Gasteiger partial charge < -0.3 is 9.84 Å². The minimum atomic E-state index is -0.0280. The van der Waals surface area contributed by atoms with Gasteiger partial charge >= 0.3 is 0 Å². The third-order valence-electron chi connectivity index (χ3n) is 2.48. The molecule has 3 rings (SSSR count). The molecular weight excluding hydrogens is 232 g/mol. The third kappa shape index (κ3) is 1.89. The molecule has 0 aliphatic heterocycles. The van der Waals surface area contributed by atoms with Crippen LogP contribution in [0.15, 0.2) is 43.0 Å². The summed E-state index contributed by atoms with van der Waals surface area (Å²) in [6, 6.07) is 7.17. The first-order valence-corrected chi connectivity index (χ1v) is 5.39. The van der Waals surface area contributed by atoms with Crippen LogP contribution >= 0.6 is 0 Å². The molecule has 1 N–H and O–H groups in total. The molecule has 0 bridgehead atoms. The predicted molar refractivity (Wildman–Crippen MR) is 63.2 cm³/mol.